The van der Waals surface area contributed by atoms with Crippen LogP contribution < -0.4 is 0 Å². The van der Waals surface area contributed by atoms with Crippen LogP contribution in [0, 0.1) is 0 Å². The Morgan fingerprint density at radius 2 is 1.48 bits per heavy atom. The fourth-order valence-electron chi connectivity index (χ4n) is 3.25. The van der Waals surface area contributed by atoms with Crippen LogP contribution in [0.5, 0.6) is 0 Å². The zero-order valence-corrected chi connectivity index (χ0v) is 15.1. The second-order valence-corrected chi connectivity index (χ2v) is 6.41. The molecule has 0 aliphatic rings. The van der Waals surface area contributed by atoms with E-state index >= 15 is 0 Å². The Labute approximate surface area is 142 Å². The molecule has 0 heterocycles. The van der Waals surface area contributed by atoms with E-state index in [1.54, 1.807) is 0 Å². The molecule has 0 aliphatic heterocycles. The van der Waals surface area contributed by atoms with Crippen LogP contribution in [0.1, 0.15) is 83.3 Å². The monoisotopic (exact) mass is 320 g/mol. The van der Waals surface area contributed by atoms with E-state index in [4.69, 9.17) is 4.65 Å². The van der Waals surface area contributed by atoms with Crippen molar-refractivity contribution in [3.63, 3.8) is 0 Å². The van der Waals surface area contributed by atoms with Crippen molar-refractivity contribution < 1.29 is 14.7 Å². The SMILES string of the molecule is CCCCc1ccccc1C(CCCC)(CCCC)OB(O)O. The van der Waals surface area contributed by atoms with E-state index in [0.717, 1.165) is 63.4 Å². The van der Waals surface area contributed by atoms with Crippen molar-refractivity contribution in [2.45, 2.75) is 84.2 Å². The topological polar surface area (TPSA) is 49.7 Å². The van der Waals surface area contributed by atoms with Crippen LogP contribution in [0.25, 0.3) is 0 Å². The summed E-state index contributed by atoms with van der Waals surface area (Å²) in [5.41, 5.74) is 1.83. The molecule has 0 atom stereocenters. The van der Waals surface area contributed by atoms with Crippen LogP contribution in [0.15, 0.2) is 24.3 Å². The molecule has 0 spiro atoms. The Balaban J connectivity index is 3.23. The van der Waals surface area contributed by atoms with E-state index in [9.17, 15) is 10.0 Å². The summed E-state index contributed by atoms with van der Waals surface area (Å²) in [6, 6.07) is 8.36. The maximum Gasteiger partial charge on any atom is 0.634 e. The summed E-state index contributed by atoms with van der Waals surface area (Å²) < 4.78 is 5.76. The van der Waals surface area contributed by atoms with Gasteiger partial charge in [-0.05, 0) is 36.8 Å². The van der Waals surface area contributed by atoms with Crippen LogP contribution >= 0.6 is 0 Å². The summed E-state index contributed by atoms with van der Waals surface area (Å²) in [7, 11) is -1.73. The molecule has 1 rings (SSSR count). The third kappa shape index (κ3) is 6.29. The minimum atomic E-state index is -1.73. The third-order valence-electron chi connectivity index (χ3n) is 4.51. The van der Waals surface area contributed by atoms with Crippen LogP contribution in [-0.4, -0.2) is 17.4 Å². The first kappa shape index (κ1) is 20.2. The van der Waals surface area contributed by atoms with Gasteiger partial charge in [0.25, 0.3) is 0 Å². The lowest BCUT2D eigenvalue weighted by Gasteiger charge is -2.37. The summed E-state index contributed by atoms with van der Waals surface area (Å²) >= 11 is 0. The van der Waals surface area contributed by atoms with Crippen molar-refractivity contribution >= 4 is 7.32 Å². The predicted molar refractivity (Wildman–Crippen MR) is 97.1 cm³/mol. The fourth-order valence-corrected chi connectivity index (χ4v) is 3.25. The molecule has 0 aliphatic carbocycles. The molecule has 3 nitrogen and oxygen atoms in total. The maximum atomic E-state index is 9.55. The van der Waals surface area contributed by atoms with Gasteiger partial charge in [-0.15, -0.1) is 0 Å². The first-order valence-electron chi connectivity index (χ1n) is 9.22. The average molecular weight is 320 g/mol. The zero-order valence-electron chi connectivity index (χ0n) is 15.1. The van der Waals surface area contributed by atoms with E-state index in [1.165, 1.54) is 5.56 Å². The fraction of sp³-hybridized carbons (Fsp3) is 0.684. The highest BCUT2D eigenvalue weighted by Crippen LogP contribution is 2.39. The Morgan fingerprint density at radius 3 is 2.00 bits per heavy atom. The molecule has 0 radical (unpaired) electrons. The highest BCUT2D eigenvalue weighted by Gasteiger charge is 2.37. The maximum absolute atomic E-state index is 9.55. The van der Waals surface area contributed by atoms with Gasteiger partial charge in [-0.2, -0.15) is 0 Å². The van der Waals surface area contributed by atoms with Gasteiger partial charge in [-0.25, -0.2) is 0 Å². The highest BCUT2D eigenvalue weighted by atomic mass is 16.6. The van der Waals surface area contributed by atoms with Gasteiger partial charge >= 0.3 is 7.32 Å². The van der Waals surface area contributed by atoms with Gasteiger partial charge in [0.1, 0.15) is 0 Å². The lowest BCUT2D eigenvalue weighted by molar-refractivity contribution is -0.00376. The molecule has 0 bridgehead atoms. The van der Waals surface area contributed by atoms with Gasteiger partial charge in [-0.3, -0.25) is 0 Å². The van der Waals surface area contributed by atoms with Crippen molar-refractivity contribution in [2.75, 3.05) is 0 Å². The summed E-state index contributed by atoms with van der Waals surface area (Å²) in [4.78, 5) is 0. The zero-order chi connectivity index (χ0) is 17.1. The quantitative estimate of drug-likeness (QED) is 0.554. The van der Waals surface area contributed by atoms with Gasteiger partial charge in [0.2, 0.25) is 0 Å². The standard InChI is InChI=1S/C19H33BO3/c1-4-7-12-17-13-10-11-14-18(17)19(15-8-5-2,16-9-6-3)23-20(21)22/h10-11,13-14,21-22H,4-9,12,15-16H2,1-3H3. The number of hydrogen-bond donors (Lipinski definition) is 2. The van der Waals surface area contributed by atoms with E-state index in [1.807, 2.05) is 6.07 Å². The Bertz CT molecular complexity index is 426. The molecule has 0 amide bonds. The number of unbranched alkanes of at least 4 members (excludes halogenated alkanes) is 3. The molecule has 130 valence electrons. The number of hydrogen-bond acceptors (Lipinski definition) is 3. The molecule has 2 N–H and O–H groups in total. The van der Waals surface area contributed by atoms with Crippen LogP contribution in [0.4, 0.5) is 0 Å². The van der Waals surface area contributed by atoms with Gasteiger partial charge < -0.3 is 14.7 Å². The summed E-state index contributed by atoms with van der Waals surface area (Å²) in [6.07, 6.45) is 9.10. The third-order valence-corrected chi connectivity index (χ3v) is 4.51. The van der Waals surface area contributed by atoms with E-state index in [0.29, 0.717) is 0 Å². The average Bonchev–Trinajstić information content (AvgIpc) is 2.55. The minimum Gasteiger partial charge on any atom is -0.402 e. The highest BCUT2D eigenvalue weighted by molar-refractivity contribution is 6.32. The van der Waals surface area contributed by atoms with Crippen molar-refractivity contribution in [3.05, 3.63) is 35.4 Å². The molecule has 1 aromatic carbocycles. The second-order valence-electron chi connectivity index (χ2n) is 6.41. The molecular weight excluding hydrogens is 287 g/mol. The van der Waals surface area contributed by atoms with Crippen LogP contribution in [0.3, 0.4) is 0 Å². The minimum absolute atomic E-state index is 0.593. The summed E-state index contributed by atoms with van der Waals surface area (Å²) in [5, 5.41) is 19.1. The predicted octanol–water partition coefficient (Wildman–Crippen LogP) is 4.59. The number of benzene rings is 1. The van der Waals surface area contributed by atoms with Crippen molar-refractivity contribution in [2.24, 2.45) is 0 Å². The van der Waals surface area contributed by atoms with Crippen molar-refractivity contribution in [1.82, 2.24) is 0 Å². The Morgan fingerprint density at radius 1 is 0.913 bits per heavy atom. The number of aryl methyl sites for hydroxylation is 1. The summed E-state index contributed by atoms with van der Waals surface area (Å²) in [5.74, 6) is 0. The van der Waals surface area contributed by atoms with Gasteiger partial charge in [-0.1, -0.05) is 77.1 Å². The molecule has 0 fully saturated rings. The van der Waals surface area contributed by atoms with E-state index < -0.39 is 12.9 Å². The van der Waals surface area contributed by atoms with Crippen molar-refractivity contribution in [3.8, 4) is 0 Å². The molecule has 23 heavy (non-hydrogen) atoms. The van der Waals surface area contributed by atoms with Gasteiger partial charge in [0, 0.05) is 0 Å². The van der Waals surface area contributed by atoms with Gasteiger partial charge in [0.05, 0.1) is 5.60 Å². The van der Waals surface area contributed by atoms with Gasteiger partial charge in [0.15, 0.2) is 0 Å². The smallest absolute Gasteiger partial charge is 0.402 e. The summed E-state index contributed by atoms with van der Waals surface area (Å²) in [6.45, 7) is 6.50. The molecular formula is C19H33BO3. The van der Waals surface area contributed by atoms with E-state index in [-0.39, 0.29) is 0 Å². The number of rotatable bonds is 12. The lowest BCUT2D eigenvalue weighted by atomic mass is 9.79. The second kappa shape index (κ2) is 10.8. The molecule has 0 aromatic heterocycles. The molecule has 0 saturated carbocycles. The molecule has 0 saturated heterocycles. The first-order valence-corrected chi connectivity index (χ1v) is 9.22. The lowest BCUT2D eigenvalue weighted by Crippen LogP contribution is -2.38. The first-order chi connectivity index (χ1) is 11.1. The molecule has 4 heteroatoms. The van der Waals surface area contributed by atoms with Crippen LogP contribution in [0.2, 0.25) is 0 Å². The molecule has 1 aromatic rings. The Kier molecular flexibility index (Phi) is 9.53. The normalized spacial score (nSPS) is 11.7. The van der Waals surface area contributed by atoms with Crippen LogP contribution in [-0.2, 0) is 16.7 Å². The largest absolute Gasteiger partial charge is 0.634 e. The molecule has 0 unspecified atom stereocenters. The van der Waals surface area contributed by atoms with E-state index in [2.05, 4.69) is 39.0 Å². The van der Waals surface area contributed by atoms with Crippen molar-refractivity contribution in [1.29, 1.82) is 0 Å². The Hall–Kier alpha value is -0.835.